The average molecular weight is 470 g/mol. The Morgan fingerprint density at radius 2 is 2.12 bits per heavy atom. The van der Waals surface area contributed by atoms with Gasteiger partial charge in [-0.1, -0.05) is 0 Å². The van der Waals surface area contributed by atoms with Crippen molar-refractivity contribution in [2.24, 2.45) is 17.0 Å². The van der Waals surface area contributed by atoms with Crippen LogP contribution in [0.4, 0.5) is 18.9 Å². The van der Waals surface area contributed by atoms with Crippen LogP contribution in [-0.4, -0.2) is 46.2 Å². The summed E-state index contributed by atoms with van der Waals surface area (Å²) in [5, 5.41) is 7.35. The molecule has 0 radical (unpaired) electrons. The fourth-order valence-electron chi connectivity index (χ4n) is 4.56. The Labute approximate surface area is 195 Å². The molecule has 1 aliphatic heterocycles. The third-order valence-corrected chi connectivity index (χ3v) is 6.50. The van der Waals surface area contributed by atoms with Crippen LogP contribution in [0.5, 0.6) is 0 Å². The molecule has 4 heterocycles. The fourth-order valence-corrected chi connectivity index (χ4v) is 4.56. The van der Waals surface area contributed by atoms with E-state index in [9.17, 15) is 13.2 Å². The quantitative estimate of drug-likeness (QED) is 0.421. The first-order valence-electron chi connectivity index (χ1n) is 11.3. The summed E-state index contributed by atoms with van der Waals surface area (Å²) in [6.45, 7) is 5.65. The van der Waals surface area contributed by atoms with Crippen LogP contribution in [0.2, 0.25) is 0 Å². The largest absolute Gasteiger partial charge is 0.431 e. The van der Waals surface area contributed by atoms with E-state index in [0.29, 0.717) is 28.4 Å². The summed E-state index contributed by atoms with van der Waals surface area (Å²) < 4.78 is 41.5. The van der Waals surface area contributed by atoms with Crippen molar-refractivity contribution in [3.05, 3.63) is 53.1 Å². The summed E-state index contributed by atoms with van der Waals surface area (Å²) in [4.78, 5) is 17.6. The lowest BCUT2D eigenvalue weighted by Crippen LogP contribution is -2.37. The smallest absolute Gasteiger partial charge is 0.366 e. The molecule has 1 unspecified atom stereocenters. The van der Waals surface area contributed by atoms with E-state index in [4.69, 9.17) is 4.99 Å². The van der Waals surface area contributed by atoms with Gasteiger partial charge in [0.25, 0.3) is 0 Å². The van der Waals surface area contributed by atoms with E-state index < -0.39 is 11.9 Å². The number of hydrogen-bond donors (Lipinski definition) is 2. The van der Waals surface area contributed by atoms with E-state index in [-0.39, 0.29) is 18.2 Å². The molecule has 0 amide bonds. The highest BCUT2D eigenvalue weighted by Gasteiger charge is 2.35. The number of aromatic nitrogens is 3. The Kier molecular flexibility index (Phi) is 5.85. The molecule has 1 atom stereocenters. The van der Waals surface area contributed by atoms with Crippen molar-refractivity contribution in [3.63, 3.8) is 0 Å². The summed E-state index contributed by atoms with van der Waals surface area (Å²) in [7, 11) is 1.38. The number of rotatable bonds is 6. The van der Waals surface area contributed by atoms with Crippen molar-refractivity contribution in [2.45, 2.75) is 43.9 Å². The molecular formula is C24H26F3N7. The van der Waals surface area contributed by atoms with Gasteiger partial charge in [0.15, 0.2) is 0 Å². The lowest BCUT2D eigenvalue weighted by atomic mass is 10.0. The Morgan fingerprint density at radius 3 is 2.79 bits per heavy atom. The molecule has 3 aromatic rings. The number of aryl methyl sites for hydroxylation is 1. The Balaban J connectivity index is 1.58. The van der Waals surface area contributed by atoms with Crippen LogP contribution in [0.25, 0.3) is 11.0 Å². The zero-order chi connectivity index (χ0) is 23.9. The Bertz CT molecular complexity index is 1250. The highest BCUT2D eigenvalue weighted by atomic mass is 19.4. The fraction of sp³-hybridized carbons (Fsp3) is 0.417. The molecule has 0 aromatic carbocycles. The van der Waals surface area contributed by atoms with Gasteiger partial charge in [-0.25, -0.2) is 4.98 Å². The molecule has 1 aliphatic carbocycles. The molecule has 178 valence electrons. The Hall–Kier alpha value is -3.27. The first-order valence-corrected chi connectivity index (χ1v) is 11.3. The van der Waals surface area contributed by atoms with Gasteiger partial charge in [0.05, 0.1) is 18.4 Å². The normalized spacial score (nSPS) is 19.1. The topological polar surface area (TPSA) is 79.5 Å². The van der Waals surface area contributed by atoms with E-state index in [0.717, 1.165) is 54.1 Å². The molecule has 1 saturated carbocycles. The lowest BCUT2D eigenvalue weighted by molar-refractivity contribution is -0.142. The van der Waals surface area contributed by atoms with E-state index in [1.165, 1.54) is 13.2 Å². The maximum atomic E-state index is 13.5. The molecule has 2 fully saturated rings. The van der Waals surface area contributed by atoms with Crippen molar-refractivity contribution in [2.75, 3.05) is 13.1 Å². The minimum absolute atomic E-state index is 0.197. The molecular weight excluding hydrogens is 443 g/mol. The molecule has 2 aliphatic rings. The number of pyridine rings is 2. The number of hydrogen-bond acceptors (Lipinski definition) is 5. The zero-order valence-electron chi connectivity index (χ0n) is 18.9. The van der Waals surface area contributed by atoms with Gasteiger partial charge in [-0.05, 0) is 61.7 Å². The summed E-state index contributed by atoms with van der Waals surface area (Å²) in [5.74, 6) is 1.09. The predicted octanol–water partition coefficient (Wildman–Crippen LogP) is 4.09. The molecule has 1 saturated heterocycles. The first-order chi connectivity index (χ1) is 16.4. The minimum atomic E-state index is -4.46. The molecule has 5 rings (SSSR count). The maximum Gasteiger partial charge on any atom is 0.431 e. The maximum absolute atomic E-state index is 13.5. The molecule has 0 spiro atoms. The lowest BCUT2D eigenvalue weighted by Gasteiger charge is -2.19. The molecule has 10 heteroatoms. The van der Waals surface area contributed by atoms with Crippen LogP contribution in [-0.2, 0) is 19.8 Å². The molecule has 2 N–H and O–H groups in total. The average Bonchev–Trinajstić information content (AvgIpc) is 3.42. The number of halogens is 3. The number of amidine groups is 1. The van der Waals surface area contributed by atoms with Crippen LogP contribution in [0.1, 0.15) is 47.6 Å². The highest BCUT2D eigenvalue weighted by Crippen LogP contribution is 2.43. The van der Waals surface area contributed by atoms with Gasteiger partial charge in [0.1, 0.15) is 17.2 Å². The van der Waals surface area contributed by atoms with Crippen LogP contribution in [0.3, 0.4) is 0 Å². The predicted molar refractivity (Wildman–Crippen MR) is 126 cm³/mol. The van der Waals surface area contributed by atoms with Crippen LogP contribution < -0.4 is 10.6 Å². The van der Waals surface area contributed by atoms with Gasteiger partial charge in [-0.15, -0.1) is 0 Å². The molecule has 34 heavy (non-hydrogen) atoms. The van der Waals surface area contributed by atoms with E-state index in [2.05, 4.69) is 32.3 Å². The second-order valence-electron chi connectivity index (χ2n) is 8.85. The summed E-state index contributed by atoms with van der Waals surface area (Å²) in [6.07, 6.45) is 3.73. The molecule has 3 aromatic heterocycles. The number of fused-ring (bicyclic) bond motifs is 1. The standard InChI is InChI=1S/C24H26F3N7/c1-28-19-13-30-12-18(14-3-4-14)21(19)22(33-16-6-7-29-11-16)32-10-15-5-8-31-23-17(15)9-20(34(23)2)24(25,26)27/h5,8-9,12-14,16,29H,1,3-4,6-7,10-11H2,2H3,(H,32,33). The van der Waals surface area contributed by atoms with Crippen molar-refractivity contribution in [3.8, 4) is 0 Å². The van der Waals surface area contributed by atoms with Crippen LogP contribution >= 0.6 is 0 Å². The zero-order valence-corrected chi connectivity index (χ0v) is 18.9. The Morgan fingerprint density at radius 1 is 1.29 bits per heavy atom. The minimum Gasteiger partial charge on any atom is -0.366 e. The SMILES string of the molecule is C=Nc1cncc(C2CC2)c1C(=NCc1ccnc2c1cc(C(F)(F)F)n2C)NC1CCNC1. The van der Waals surface area contributed by atoms with Gasteiger partial charge in [-0.3, -0.25) is 15.0 Å². The highest BCUT2D eigenvalue weighted by molar-refractivity contribution is 6.05. The van der Waals surface area contributed by atoms with Crippen molar-refractivity contribution in [1.29, 1.82) is 0 Å². The molecule has 7 nitrogen and oxygen atoms in total. The monoisotopic (exact) mass is 469 g/mol. The number of nitrogens with zero attached hydrogens (tertiary/aromatic N) is 5. The number of nitrogens with one attached hydrogen (secondary N) is 2. The van der Waals surface area contributed by atoms with Gasteiger partial charge >= 0.3 is 6.18 Å². The van der Waals surface area contributed by atoms with Crippen LogP contribution in [0, 0.1) is 0 Å². The van der Waals surface area contributed by atoms with Crippen molar-refractivity contribution >= 4 is 29.3 Å². The van der Waals surface area contributed by atoms with Gasteiger partial charge in [-0.2, -0.15) is 13.2 Å². The third kappa shape index (κ3) is 4.29. The summed E-state index contributed by atoms with van der Waals surface area (Å²) in [6, 6.07) is 3.07. The van der Waals surface area contributed by atoms with E-state index in [1.54, 1.807) is 12.3 Å². The summed E-state index contributed by atoms with van der Waals surface area (Å²) >= 11 is 0. The first kappa shape index (κ1) is 22.5. The van der Waals surface area contributed by atoms with Crippen LogP contribution in [0.15, 0.2) is 40.7 Å². The van der Waals surface area contributed by atoms with E-state index in [1.807, 2.05) is 6.20 Å². The number of alkyl halides is 3. The third-order valence-electron chi connectivity index (χ3n) is 6.50. The van der Waals surface area contributed by atoms with Crippen molar-refractivity contribution in [1.82, 2.24) is 25.2 Å². The second kappa shape index (κ2) is 8.83. The molecule has 0 bridgehead atoms. The van der Waals surface area contributed by atoms with Gasteiger partial charge in [0, 0.05) is 43.0 Å². The van der Waals surface area contributed by atoms with Gasteiger partial charge < -0.3 is 15.2 Å². The summed E-state index contributed by atoms with van der Waals surface area (Å²) in [5.41, 5.74) is 2.85. The van der Waals surface area contributed by atoms with Gasteiger partial charge in [0.2, 0.25) is 0 Å². The second-order valence-corrected chi connectivity index (χ2v) is 8.85. The van der Waals surface area contributed by atoms with Crippen molar-refractivity contribution < 1.29 is 13.2 Å². The van der Waals surface area contributed by atoms with E-state index >= 15 is 0 Å². The number of aliphatic imine (C=N–C) groups is 2.